The molecule has 0 aliphatic carbocycles. The summed E-state index contributed by atoms with van der Waals surface area (Å²) in [5.41, 5.74) is 0. The molecule has 0 unspecified atom stereocenters. The van der Waals surface area contributed by atoms with Gasteiger partial charge in [-0.1, -0.05) is 0 Å². The summed E-state index contributed by atoms with van der Waals surface area (Å²) in [5, 5.41) is 9.72. The van der Waals surface area contributed by atoms with Crippen LogP contribution in [0.1, 0.15) is 2.74 Å². The quantitative estimate of drug-likeness (QED) is 0.395. The zero-order chi connectivity index (χ0) is 9.99. The first kappa shape index (κ1) is 6.30. The molecule has 0 amide bonds. The minimum Gasteiger partial charge on any atom is -0.480 e. The van der Waals surface area contributed by atoms with Gasteiger partial charge in [-0.05, 0) is 0 Å². The summed E-state index contributed by atoms with van der Waals surface area (Å²) in [7, 11) is -4.42. The highest BCUT2D eigenvalue weighted by Gasteiger charge is 2.11. The Kier molecular flexibility index (Phi) is 2.32. The number of hydrogen-bond acceptors (Lipinski definition) is 3. The van der Waals surface area contributed by atoms with Gasteiger partial charge in [0.05, 0.1) is 15.5 Å². The molecule has 0 bridgehead atoms. The summed E-state index contributed by atoms with van der Waals surface area (Å²) in [5.74, 6) is -1.82. The van der Waals surface area contributed by atoms with Gasteiger partial charge in [0.2, 0.25) is 0 Å². The molecule has 10 heavy (non-hydrogen) atoms. The normalized spacial score (nSPS) is 15.8. The van der Waals surface area contributed by atoms with E-state index in [2.05, 4.69) is 0 Å². The third-order valence-electron chi connectivity index (χ3n) is 0.480. The van der Waals surface area contributed by atoms with Gasteiger partial charge in [-0.15, -0.1) is 0 Å². The number of aliphatic carboxylic acids is 1. The Labute approximate surface area is 59.8 Å². The van der Waals surface area contributed by atoms with E-state index in [1.54, 1.807) is 5.32 Å². The molecule has 60 valence electrons. The van der Waals surface area contributed by atoms with Crippen molar-refractivity contribution in [1.82, 2.24) is 5.32 Å². The molecule has 0 fully saturated rings. The Morgan fingerprint density at radius 2 is 2.20 bits per heavy atom. The number of carbonyl (C=O) groups is 1. The fourth-order valence-electron chi connectivity index (χ4n) is 0.218. The van der Waals surface area contributed by atoms with Crippen molar-refractivity contribution in [1.29, 1.82) is 0 Å². The van der Waals surface area contributed by atoms with E-state index in [0.717, 1.165) is 0 Å². The molecule has 0 aliphatic rings. The molecule has 0 aromatic carbocycles. The molecular formula is C3H8NO5P. The minimum atomic E-state index is -4.42. The summed E-state index contributed by atoms with van der Waals surface area (Å²) in [4.78, 5) is 26.6. The molecule has 0 radical (unpaired) electrons. The molecule has 0 rings (SSSR count). The molecule has 0 saturated carbocycles. The highest BCUT2D eigenvalue weighted by Crippen LogP contribution is 2.31. The predicted molar refractivity (Wildman–Crippen MR) is 32.5 cm³/mol. The van der Waals surface area contributed by atoms with Crippen molar-refractivity contribution in [3.63, 3.8) is 0 Å². The minimum absolute atomic E-state index is 1.01. The van der Waals surface area contributed by atoms with Crippen LogP contribution in [-0.2, 0) is 9.36 Å². The molecule has 0 spiro atoms. The highest BCUT2D eigenvalue weighted by atomic mass is 31.2. The number of hydrogen-bond donors (Lipinski definition) is 4. The van der Waals surface area contributed by atoms with Crippen molar-refractivity contribution in [2.75, 3.05) is 12.8 Å². The van der Waals surface area contributed by atoms with Crippen molar-refractivity contribution >= 4 is 13.6 Å². The standard InChI is InChI=1S/C3H8NO5P/c5-3(6)1-4-2-10(7,8)9/h4H,1-2H2,(H,5,6)(H2,7,8,9)/i1D2. The average Bonchev–Trinajstić information content (AvgIpc) is 1.82. The third-order valence-corrected chi connectivity index (χ3v) is 1.05. The Balaban J connectivity index is 4.10. The van der Waals surface area contributed by atoms with E-state index in [1.165, 1.54) is 0 Å². The maximum atomic E-state index is 10.2. The Morgan fingerprint density at radius 1 is 1.70 bits per heavy atom. The monoisotopic (exact) mass is 171 g/mol. The lowest BCUT2D eigenvalue weighted by Gasteiger charge is -2.02. The second-order valence-electron chi connectivity index (χ2n) is 1.43. The van der Waals surface area contributed by atoms with E-state index >= 15 is 0 Å². The van der Waals surface area contributed by atoms with Gasteiger partial charge in [-0.3, -0.25) is 14.7 Å². The lowest BCUT2D eigenvalue weighted by Crippen LogP contribution is -2.23. The van der Waals surface area contributed by atoms with Crippen molar-refractivity contribution in [2.24, 2.45) is 0 Å². The first-order chi connectivity index (χ1) is 5.15. The highest BCUT2D eigenvalue weighted by molar-refractivity contribution is 7.51. The van der Waals surface area contributed by atoms with Crippen LogP contribution in [0, 0.1) is 0 Å². The van der Waals surface area contributed by atoms with Crippen molar-refractivity contribution in [3.8, 4) is 0 Å². The van der Waals surface area contributed by atoms with E-state index in [-0.39, 0.29) is 0 Å². The van der Waals surface area contributed by atoms with Crippen LogP contribution < -0.4 is 5.32 Å². The van der Waals surface area contributed by atoms with Crippen LogP contribution in [0.15, 0.2) is 0 Å². The van der Waals surface area contributed by atoms with Crippen LogP contribution in [0.5, 0.6) is 0 Å². The van der Waals surface area contributed by atoms with Crippen LogP contribution in [0.2, 0.25) is 0 Å². The number of carboxylic acid groups (broad SMARTS) is 1. The van der Waals surface area contributed by atoms with Crippen molar-refractivity contribution in [2.45, 2.75) is 0 Å². The largest absolute Gasteiger partial charge is 0.480 e. The molecular weight excluding hydrogens is 161 g/mol. The molecule has 4 N–H and O–H groups in total. The van der Waals surface area contributed by atoms with Crippen LogP contribution in [0.3, 0.4) is 0 Å². The summed E-state index contributed by atoms with van der Waals surface area (Å²) in [6.45, 7) is -2.82. The molecule has 0 heterocycles. The summed E-state index contributed by atoms with van der Waals surface area (Å²) >= 11 is 0. The fraction of sp³-hybridized carbons (Fsp3) is 0.667. The summed E-state index contributed by atoms with van der Waals surface area (Å²) in [6.07, 6.45) is -1.01. The van der Waals surface area contributed by atoms with Crippen LogP contribution in [0.25, 0.3) is 0 Å². The smallest absolute Gasteiger partial charge is 0.339 e. The maximum Gasteiger partial charge on any atom is 0.339 e. The van der Waals surface area contributed by atoms with E-state index < -0.39 is 26.3 Å². The second-order valence-corrected chi connectivity index (χ2v) is 3.08. The molecule has 0 aliphatic heterocycles. The molecule has 0 atom stereocenters. The maximum absolute atomic E-state index is 10.2. The third kappa shape index (κ3) is 7.58. The summed E-state index contributed by atoms with van der Waals surface area (Å²) < 4.78 is 23.5. The van der Waals surface area contributed by atoms with Gasteiger partial charge in [0.15, 0.2) is 0 Å². The van der Waals surface area contributed by atoms with E-state index in [9.17, 15) is 9.36 Å². The van der Waals surface area contributed by atoms with Gasteiger partial charge >= 0.3 is 13.6 Å². The zero-order valence-electron chi connectivity index (χ0n) is 6.81. The topological polar surface area (TPSA) is 107 Å². The Bertz CT molecular complexity index is 225. The van der Waals surface area contributed by atoms with E-state index in [4.69, 9.17) is 17.6 Å². The van der Waals surface area contributed by atoms with Gasteiger partial charge < -0.3 is 14.9 Å². The number of rotatable bonds is 4. The van der Waals surface area contributed by atoms with E-state index in [0.29, 0.717) is 0 Å². The van der Waals surface area contributed by atoms with Crippen molar-refractivity contribution in [3.05, 3.63) is 0 Å². The Hall–Kier alpha value is -0.420. The molecule has 6 nitrogen and oxygen atoms in total. The lowest BCUT2D eigenvalue weighted by molar-refractivity contribution is -0.135. The van der Waals surface area contributed by atoms with Gasteiger partial charge in [-0.2, -0.15) is 0 Å². The SMILES string of the molecule is [2H]C([2H])(NCP(=O)(O)O)C(=O)O. The fourth-order valence-corrected chi connectivity index (χ4v) is 0.503. The van der Waals surface area contributed by atoms with Gasteiger partial charge in [0.1, 0.15) is 0 Å². The van der Waals surface area contributed by atoms with Gasteiger partial charge in [0, 0.05) is 0 Å². The van der Waals surface area contributed by atoms with Crippen LogP contribution in [-0.4, -0.2) is 33.6 Å². The number of carboxylic acids is 1. The number of nitrogens with one attached hydrogen (secondary N) is 1. The van der Waals surface area contributed by atoms with E-state index in [1.807, 2.05) is 0 Å². The average molecular weight is 171 g/mol. The molecule has 0 aromatic rings. The van der Waals surface area contributed by atoms with Crippen molar-refractivity contribution < 1.29 is 27.0 Å². The molecule has 7 heteroatoms. The molecule has 0 saturated heterocycles. The molecule has 0 aromatic heterocycles. The Morgan fingerprint density at radius 3 is 2.50 bits per heavy atom. The summed E-state index contributed by atoms with van der Waals surface area (Å²) in [6, 6.07) is 0. The second kappa shape index (κ2) is 3.68. The van der Waals surface area contributed by atoms with Gasteiger partial charge in [0.25, 0.3) is 0 Å². The first-order valence-corrected chi connectivity index (χ1v) is 3.98. The van der Waals surface area contributed by atoms with Gasteiger partial charge in [-0.25, -0.2) is 0 Å². The lowest BCUT2D eigenvalue weighted by atomic mass is 10.7. The first-order valence-electron chi connectivity index (χ1n) is 3.18. The van der Waals surface area contributed by atoms with Crippen LogP contribution >= 0.6 is 7.60 Å². The zero-order valence-corrected chi connectivity index (χ0v) is 5.71. The predicted octanol–water partition coefficient (Wildman–Crippen LogP) is -1.20. The van der Waals surface area contributed by atoms with Crippen LogP contribution in [0.4, 0.5) is 0 Å².